The minimum absolute atomic E-state index is 0.147. The van der Waals surface area contributed by atoms with E-state index in [1.165, 1.54) is 12.1 Å². The highest BCUT2D eigenvalue weighted by molar-refractivity contribution is 5.94. The van der Waals surface area contributed by atoms with Gasteiger partial charge in [-0.25, -0.2) is 4.39 Å². The van der Waals surface area contributed by atoms with Crippen molar-refractivity contribution in [3.8, 4) is 0 Å². The van der Waals surface area contributed by atoms with Gasteiger partial charge in [-0.2, -0.15) is 0 Å². The first-order valence-electron chi connectivity index (χ1n) is 5.64. The Morgan fingerprint density at radius 3 is 2.59 bits per heavy atom. The summed E-state index contributed by atoms with van der Waals surface area (Å²) in [5.41, 5.74) is 1.01. The van der Waals surface area contributed by atoms with Crippen LogP contribution in [0.3, 0.4) is 0 Å². The lowest BCUT2D eigenvalue weighted by Gasteiger charge is -2.15. The van der Waals surface area contributed by atoms with Crippen molar-refractivity contribution in [3.05, 3.63) is 35.1 Å². The topological polar surface area (TPSA) is 49.3 Å². The molecule has 0 bridgehead atoms. The summed E-state index contributed by atoms with van der Waals surface area (Å²) in [6, 6.07) is 4.06. The van der Waals surface area contributed by atoms with E-state index in [4.69, 9.17) is 0 Å². The van der Waals surface area contributed by atoms with Gasteiger partial charge in [0.2, 0.25) is 0 Å². The molecule has 0 saturated heterocycles. The lowest BCUT2D eigenvalue weighted by atomic mass is 10.1. The third-order valence-electron chi connectivity index (χ3n) is 2.38. The number of aliphatic hydroxyl groups is 1. The predicted octanol–water partition coefficient (Wildman–Crippen LogP) is 2.02. The van der Waals surface area contributed by atoms with Crippen LogP contribution in [0.4, 0.5) is 4.39 Å². The Hall–Kier alpha value is -1.42. The summed E-state index contributed by atoms with van der Waals surface area (Å²) in [6.45, 7) is 5.20. The summed E-state index contributed by atoms with van der Waals surface area (Å²) in [4.78, 5) is 11.8. The van der Waals surface area contributed by atoms with Crippen molar-refractivity contribution < 1.29 is 14.3 Å². The molecule has 0 saturated carbocycles. The summed E-state index contributed by atoms with van der Waals surface area (Å²) in [5, 5.41) is 11.9. The molecule has 0 heterocycles. The first kappa shape index (κ1) is 13.6. The number of nitrogens with one attached hydrogen (secondary N) is 1. The fourth-order valence-corrected chi connectivity index (χ4v) is 1.75. The number of benzene rings is 1. The van der Waals surface area contributed by atoms with Crippen molar-refractivity contribution in [2.45, 2.75) is 39.3 Å². The van der Waals surface area contributed by atoms with Crippen LogP contribution in [-0.2, 0) is 0 Å². The number of hydrogen-bond acceptors (Lipinski definition) is 2. The van der Waals surface area contributed by atoms with Crippen molar-refractivity contribution in [1.82, 2.24) is 5.32 Å². The molecule has 0 aliphatic rings. The molecule has 0 aliphatic heterocycles. The minimum atomic E-state index is -0.473. The molecular weight excluding hydrogens is 221 g/mol. The Morgan fingerprint density at radius 2 is 2.06 bits per heavy atom. The van der Waals surface area contributed by atoms with E-state index in [1.807, 2.05) is 0 Å². The second-order valence-corrected chi connectivity index (χ2v) is 4.48. The summed E-state index contributed by atoms with van der Waals surface area (Å²) < 4.78 is 13.1. The summed E-state index contributed by atoms with van der Waals surface area (Å²) in [7, 11) is 0. The molecule has 0 fully saturated rings. The molecule has 17 heavy (non-hydrogen) atoms. The molecule has 2 N–H and O–H groups in total. The molecule has 1 aromatic carbocycles. The number of carbonyl (C=O) groups is 1. The second kappa shape index (κ2) is 5.77. The van der Waals surface area contributed by atoms with Gasteiger partial charge in [0.15, 0.2) is 0 Å². The molecule has 1 rings (SSSR count). The van der Waals surface area contributed by atoms with Crippen LogP contribution in [0.25, 0.3) is 0 Å². The summed E-state index contributed by atoms with van der Waals surface area (Å²) in [6.07, 6.45) is -0.000383. The Kier molecular flexibility index (Phi) is 4.63. The maximum Gasteiger partial charge on any atom is 0.251 e. The smallest absolute Gasteiger partial charge is 0.251 e. The third kappa shape index (κ3) is 4.53. The average molecular weight is 239 g/mol. The van der Waals surface area contributed by atoms with E-state index >= 15 is 0 Å². The summed E-state index contributed by atoms with van der Waals surface area (Å²) in [5.74, 6) is -0.737. The van der Waals surface area contributed by atoms with E-state index in [0.29, 0.717) is 17.5 Å². The van der Waals surface area contributed by atoms with E-state index in [0.717, 1.165) is 0 Å². The maximum absolute atomic E-state index is 13.1. The molecule has 94 valence electrons. The Labute approximate surface area is 101 Å². The molecule has 0 spiro atoms. The quantitative estimate of drug-likeness (QED) is 0.844. The van der Waals surface area contributed by atoms with Crippen molar-refractivity contribution in [3.63, 3.8) is 0 Å². The van der Waals surface area contributed by atoms with Gasteiger partial charge in [0, 0.05) is 11.6 Å². The van der Waals surface area contributed by atoms with Gasteiger partial charge in [0.25, 0.3) is 5.91 Å². The third-order valence-corrected chi connectivity index (χ3v) is 2.38. The molecule has 1 amide bonds. The van der Waals surface area contributed by atoms with Crippen LogP contribution >= 0.6 is 0 Å². The van der Waals surface area contributed by atoms with Crippen molar-refractivity contribution in [1.29, 1.82) is 0 Å². The van der Waals surface area contributed by atoms with Gasteiger partial charge in [-0.15, -0.1) is 0 Å². The molecule has 0 aliphatic carbocycles. The van der Waals surface area contributed by atoms with Crippen LogP contribution in [0.15, 0.2) is 18.2 Å². The number of carbonyl (C=O) groups excluding carboxylic acids is 1. The Morgan fingerprint density at radius 1 is 1.41 bits per heavy atom. The molecule has 4 heteroatoms. The fourth-order valence-electron chi connectivity index (χ4n) is 1.75. The number of halogens is 1. The fraction of sp³-hybridized carbons (Fsp3) is 0.462. The van der Waals surface area contributed by atoms with Gasteiger partial charge in [0.1, 0.15) is 5.82 Å². The lowest BCUT2D eigenvalue weighted by molar-refractivity contribution is 0.0922. The van der Waals surface area contributed by atoms with E-state index < -0.39 is 11.9 Å². The number of aliphatic hydroxyl groups excluding tert-OH is 1. The van der Waals surface area contributed by atoms with Crippen LogP contribution in [-0.4, -0.2) is 23.2 Å². The molecular formula is C13H18FNO2. The molecule has 3 nitrogen and oxygen atoms in total. The predicted molar refractivity (Wildman–Crippen MR) is 64.4 cm³/mol. The van der Waals surface area contributed by atoms with Crippen molar-refractivity contribution in [2.75, 3.05) is 0 Å². The van der Waals surface area contributed by atoms with Crippen LogP contribution in [0.5, 0.6) is 0 Å². The number of rotatable bonds is 4. The molecule has 0 radical (unpaired) electrons. The Bertz CT molecular complexity index is 384. The van der Waals surface area contributed by atoms with E-state index in [2.05, 4.69) is 5.32 Å². The number of aryl methyl sites for hydroxylation is 1. The lowest BCUT2D eigenvalue weighted by Crippen LogP contribution is -2.34. The monoisotopic (exact) mass is 239 g/mol. The Balaban J connectivity index is 2.69. The van der Waals surface area contributed by atoms with Crippen LogP contribution in [0.1, 0.15) is 36.2 Å². The average Bonchev–Trinajstić information content (AvgIpc) is 2.14. The number of amides is 1. The van der Waals surface area contributed by atoms with E-state index in [9.17, 15) is 14.3 Å². The van der Waals surface area contributed by atoms with Crippen molar-refractivity contribution >= 4 is 5.91 Å². The van der Waals surface area contributed by atoms with Gasteiger partial charge in [0.05, 0.1) is 6.10 Å². The zero-order valence-electron chi connectivity index (χ0n) is 10.3. The van der Waals surface area contributed by atoms with Crippen LogP contribution in [0, 0.1) is 12.7 Å². The normalized spacial score (nSPS) is 14.2. The first-order valence-corrected chi connectivity index (χ1v) is 5.64. The van der Waals surface area contributed by atoms with Gasteiger partial charge in [-0.1, -0.05) is 0 Å². The number of hydrogen-bond donors (Lipinski definition) is 2. The van der Waals surface area contributed by atoms with E-state index in [-0.39, 0.29) is 11.9 Å². The highest BCUT2D eigenvalue weighted by Crippen LogP contribution is 2.09. The molecule has 2 atom stereocenters. The highest BCUT2D eigenvalue weighted by Gasteiger charge is 2.12. The van der Waals surface area contributed by atoms with Gasteiger partial charge >= 0.3 is 0 Å². The summed E-state index contributed by atoms with van der Waals surface area (Å²) >= 11 is 0. The van der Waals surface area contributed by atoms with Crippen molar-refractivity contribution in [2.24, 2.45) is 0 Å². The first-order chi connectivity index (χ1) is 7.88. The standard InChI is InChI=1S/C13H18FNO2/c1-8-4-11(7-12(14)5-8)13(17)15-9(2)6-10(3)16/h4-5,7,9-10,16H,6H2,1-3H3,(H,15,17). The molecule has 1 aromatic rings. The van der Waals surface area contributed by atoms with Gasteiger partial charge in [-0.05, 0) is 51.0 Å². The maximum atomic E-state index is 13.1. The van der Waals surface area contributed by atoms with Gasteiger partial charge < -0.3 is 10.4 Å². The van der Waals surface area contributed by atoms with E-state index in [1.54, 1.807) is 26.8 Å². The van der Waals surface area contributed by atoms with Gasteiger partial charge in [-0.3, -0.25) is 4.79 Å². The highest BCUT2D eigenvalue weighted by atomic mass is 19.1. The zero-order chi connectivity index (χ0) is 13.0. The van der Waals surface area contributed by atoms with Crippen LogP contribution in [0.2, 0.25) is 0 Å². The minimum Gasteiger partial charge on any atom is -0.393 e. The second-order valence-electron chi connectivity index (χ2n) is 4.48. The SMILES string of the molecule is Cc1cc(F)cc(C(=O)NC(C)CC(C)O)c1. The molecule has 0 aromatic heterocycles. The zero-order valence-corrected chi connectivity index (χ0v) is 10.3. The molecule has 2 unspecified atom stereocenters. The van der Waals surface area contributed by atoms with Crippen LogP contribution < -0.4 is 5.32 Å². The largest absolute Gasteiger partial charge is 0.393 e.